The van der Waals surface area contributed by atoms with Gasteiger partial charge in [-0.1, -0.05) is 17.7 Å². The molecule has 1 heterocycles. The Morgan fingerprint density at radius 3 is 2.67 bits per heavy atom. The van der Waals surface area contributed by atoms with Crippen LogP contribution in [0.1, 0.15) is 37.8 Å². The molecule has 0 amide bonds. The lowest BCUT2D eigenvalue weighted by Gasteiger charge is -2.47. The van der Waals surface area contributed by atoms with Gasteiger partial charge >= 0.3 is 0 Å². The molecular formula is C16H22N2. The quantitative estimate of drug-likeness (QED) is 0.748. The number of hydrogen-bond donors (Lipinski definition) is 0. The van der Waals surface area contributed by atoms with Crippen LogP contribution in [0.25, 0.3) is 0 Å². The van der Waals surface area contributed by atoms with Gasteiger partial charge in [-0.05, 0) is 52.2 Å². The Morgan fingerprint density at radius 2 is 2.06 bits per heavy atom. The van der Waals surface area contributed by atoms with Gasteiger partial charge in [0.15, 0.2) is 0 Å². The van der Waals surface area contributed by atoms with Crippen LogP contribution in [0.4, 0.5) is 5.69 Å². The molecule has 0 saturated carbocycles. The van der Waals surface area contributed by atoms with Crippen LogP contribution in [0.15, 0.2) is 18.2 Å². The maximum Gasteiger partial charge on any atom is 0.0690 e. The average molecular weight is 242 g/mol. The van der Waals surface area contributed by atoms with Gasteiger partial charge in [-0.3, -0.25) is 0 Å². The van der Waals surface area contributed by atoms with Crippen molar-refractivity contribution in [3.63, 3.8) is 0 Å². The molecule has 0 spiro atoms. The van der Waals surface area contributed by atoms with E-state index in [2.05, 4.69) is 56.9 Å². The number of aryl methyl sites for hydroxylation is 2. The molecule has 96 valence electrons. The van der Waals surface area contributed by atoms with E-state index in [0.29, 0.717) is 0 Å². The molecule has 1 saturated heterocycles. The minimum absolute atomic E-state index is 0.0764. The number of rotatable bonds is 1. The first-order valence-electron chi connectivity index (χ1n) is 6.71. The number of anilines is 1. The van der Waals surface area contributed by atoms with Crippen molar-refractivity contribution < 1.29 is 0 Å². The second kappa shape index (κ2) is 4.65. The molecule has 2 nitrogen and oxygen atoms in total. The summed E-state index contributed by atoms with van der Waals surface area (Å²) in [4.78, 5) is 2.42. The SMILES string of the molecule is Cc1ccc(N2CCCC(C#N)C2(C)C)c(C)c1. The van der Waals surface area contributed by atoms with Crippen LogP contribution in [0, 0.1) is 31.1 Å². The van der Waals surface area contributed by atoms with Crippen LogP contribution < -0.4 is 4.90 Å². The van der Waals surface area contributed by atoms with Crippen molar-refractivity contribution in [2.45, 2.75) is 46.1 Å². The minimum atomic E-state index is -0.0764. The third-order valence-corrected chi connectivity index (χ3v) is 4.22. The lowest BCUT2D eigenvalue weighted by Crippen LogP contribution is -2.53. The van der Waals surface area contributed by atoms with Gasteiger partial charge in [0.2, 0.25) is 0 Å². The first-order valence-corrected chi connectivity index (χ1v) is 6.71. The summed E-state index contributed by atoms with van der Waals surface area (Å²) < 4.78 is 0. The molecule has 0 aromatic heterocycles. The van der Waals surface area contributed by atoms with Crippen LogP contribution in [-0.2, 0) is 0 Å². The fourth-order valence-electron chi connectivity index (χ4n) is 3.04. The van der Waals surface area contributed by atoms with E-state index in [-0.39, 0.29) is 11.5 Å². The van der Waals surface area contributed by atoms with Crippen molar-refractivity contribution in [2.24, 2.45) is 5.92 Å². The first-order chi connectivity index (χ1) is 8.46. The third-order valence-electron chi connectivity index (χ3n) is 4.22. The van der Waals surface area contributed by atoms with E-state index >= 15 is 0 Å². The predicted octanol–water partition coefficient (Wildman–Crippen LogP) is 3.82. The largest absolute Gasteiger partial charge is 0.365 e. The van der Waals surface area contributed by atoms with Gasteiger partial charge < -0.3 is 4.90 Å². The van der Waals surface area contributed by atoms with Crippen molar-refractivity contribution >= 4 is 5.69 Å². The highest BCUT2D eigenvalue weighted by Gasteiger charge is 2.39. The maximum atomic E-state index is 9.33. The molecule has 2 rings (SSSR count). The molecule has 18 heavy (non-hydrogen) atoms. The van der Waals surface area contributed by atoms with Gasteiger partial charge in [-0.25, -0.2) is 0 Å². The highest BCUT2D eigenvalue weighted by atomic mass is 15.2. The van der Waals surface area contributed by atoms with Crippen LogP contribution in [-0.4, -0.2) is 12.1 Å². The standard InChI is InChI=1S/C16H22N2/c1-12-7-8-15(13(2)10-12)18-9-5-6-14(11-17)16(18,3)4/h7-8,10,14H,5-6,9H2,1-4H3. The van der Waals surface area contributed by atoms with Crippen molar-refractivity contribution in [1.82, 2.24) is 0 Å². The molecule has 1 fully saturated rings. The third kappa shape index (κ3) is 2.10. The van der Waals surface area contributed by atoms with Crippen molar-refractivity contribution in [1.29, 1.82) is 5.26 Å². The van der Waals surface area contributed by atoms with Crippen molar-refractivity contribution in [2.75, 3.05) is 11.4 Å². The summed E-state index contributed by atoms with van der Waals surface area (Å²) in [6, 6.07) is 9.07. The van der Waals surface area contributed by atoms with Gasteiger partial charge in [-0.2, -0.15) is 5.26 Å². The number of nitriles is 1. The highest BCUT2D eigenvalue weighted by molar-refractivity contribution is 5.57. The maximum absolute atomic E-state index is 9.33. The minimum Gasteiger partial charge on any atom is -0.365 e. The van der Waals surface area contributed by atoms with Gasteiger partial charge in [0.1, 0.15) is 0 Å². The molecule has 0 bridgehead atoms. The zero-order valence-electron chi connectivity index (χ0n) is 11.8. The predicted molar refractivity (Wildman–Crippen MR) is 75.7 cm³/mol. The second-order valence-electron chi connectivity index (χ2n) is 5.92. The van der Waals surface area contributed by atoms with E-state index in [9.17, 15) is 5.26 Å². The Kier molecular flexibility index (Phi) is 3.34. The van der Waals surface area contributed by atoms with Gasteiger partial charge in [0.05, 0.1) is 17.5 Å². The number of benzene rings is 1. The Balaban J connectivity index is 2.40. The van der Waals surface area contributed by atoms with Gasteiger partial charge in [0.25, 0.3) is 0 Å². The topological polar surface area (TPSA) is 27.0 Å². The van der Waals surface area contributed by atoms with Crippen LogP contribution in [0.3, 0.4) is 0 Å². The number of hydrogen-bond acceptors (Lipinski definition) is 2. The van der Waals surface area contributed by atoms with Gasteiger partial charge in [0, 0.05) is 12.2 Å². The fraction of sp³-hybridized carbons (Fsp3) is 0.562. The summed E-state index contributed by atoms with van der Waals surface area (Å²) in [5.74, 6) is 0.118. The summed E-state index contributed by atoms with van der Waals surface area (Å²) in [6.07, 6.45) is 2.12. The molecule has 0 radical (unpaired) electrons. The highest BCUT2D eigenvalue weighted by Crippen LogP contribution is 2.37. The van der Waals surface area contributed by atoms with E-state index in [1.165, 1.54) is 16.8 Å². The fourth-order valence-corrected chi connectivity index (χ4v) is 3.04. The van der Waals surface area contributed by atoms with Crippen LogP contribution in [0.5, 0.6) is 0 Å². The van der Waals surface area contributed by atoms with Gasteiger partial charge in [-0.15, -0.1) is 0 Å². The lowest BCUT2D eigenvalue weighted by atomic mass is 9.79. The molecule has 1 aliphatic heterocycles. The zero-order chi connectivity index (χ0) is 13.3. The molecule has 1 aromatic carbocycles. The van der Waals surface area contributed by atoms with E-state index in [4.69, 9.17) is 0 Å². The Bertz CT molecular complexity index is 482. The summed E-state index contributed by atoms with van der Waals surface area (Å²) in [5.41, 5.74) is 3.81. The van der Waals surface area contributed by atoms with E-state index in [0.717, 1.165) is 19.4 Å². The van der Waals surface area contributed by atoms with E-state index < -0.39 is 0 Å². The molecule has 2 heteroatoms. The lowest BCUT2D eigenvalue weighted by molar-refractivity contribution is 0.292. The monoisotopic (exact) mass is 242 g/mol. The Hall–Kier alpha value is -1.49. The summed E-state index contributed by atoms with van der Waals surface area (Å²) in [6.45, 7) is 9.72. The Morgan fingerprint density at radius 1 is 1.33 bits per heavy atom. The molecule has 1 aromatic rings. The first kappa shape index (κ1) is 13.0. The second-order valence-corrected chi connectivity index (χ2v) is 5.92. The summed E-state index contributed by atoms with van der Waals surface area (Å²) >= 11 is 0. The molecule has 1 unspecified atom stereocenters. The zero-order valence-corrected chi connectivity index (χ0v) is 11.8. The smallest absolute Gasteiger partial charge is 0.0690 e. The van der Waals surface area contributed by atoms with Crippen molar-refractivity contribution in [3.05, 3.63) is 29.3 Å². The van der Waals surface area contributed by atoms with E-state index in [1.54, 1.807) is 0 Å². The molecule has 0 aliphatic carbocycles. The van der Waals surface area contributed by atoms with E-state index in [1.807, 2.05) is 0 Å². The van der Waals surface area contributed by atoms with Crippen molar-refractivity contribution in [3.8, 4) is 6.07 Å². The molecule has 0 N–H and O–H groups in total. The summed E-state index contributed by atoms with van der Waals surface area (Å²) in [5, 5.41) is 9.33. The number of piperidine rings is 1. The normalized spacial score (nSPS) is 22.6. The Labute approximate surface area is 110 Å². The average Bonchev–Trinajstić information content (AvgIpc) is 2.29. The molecular weight excluding hydrogens is 220 g/mol. The van der Waals surface area contributed by atoms with Crippen LogP contribution >= 0.6 is 0 Å². The van der Waals surface area contributed by atoms with Crippen LogP contribution in [0.2, 0.25) is 0 Å². The molecule has 1 aliphatic rings. The number of nitrogens with zero attached hydrogens (tertiary/aromatic N) is 2. The molecule has 1 atom stereocenters. The summed E-state index contributed by atoms with van der Waals surface area (Å²) in [7, 11) is 0.